The first-order chi connectivity index (χ1) is 9.15. The summed E-state index contributed by atoms with van der Waals surface area (Å²) >= 11 is 0. The van der Waals surface area contributed by atoms with Crippen molar-refractivity contribution >= 4 is 11.6 Å². The van der Waals surface area contributed by atoms with Crippen molar-refractivity contribution in [3.05, 3.63) is 29.8 Å². The fourth-order valence-corrected chi connectivity index (χ4v) is 2.72. The van der Waals surface area contributed by atoms with E-state index < -0.39 is 0 Å². The quantitative estimate of drug-likeness (QED) is 0.874. The van der Waals surface area contributed by atoms with Crippen LogP contribution < -0.4 is 10.6 Å². The maximum atomic E-state index is 12.0. The number of anilines is 1. The van der Waals surface area contributed by atoms with Gasteiger partial charge in [-0.15, -0.1) is 0 Å². The van der Waals surface area contributed by atoms with Crippen molar-refractivity contribution in [3.8, 4) is 0 Å². The fourth-order valence-electron chi connectivity index (χ4n) is 2.72. The summed E-state index contributed by atoms with van der Waals surface area (Å²) in [6.45, 7) is 6.43. The summed E-state index contributed by atoms with van der Waals surface area (Å²) in [5, 5.41) is 6.35. The maximum Gasteiger partial charge on any atom is 0.224 e. The molecule has 1 aromatic rings. The number of nitrogens with one attached hydrogen (secondary N) is 2. The molecule has 3 heteroatoms. The standard InChI is InChI=1S/C16H24N2O/c1-12-3-5-15(6-4-12)18-16(19)11-13(2)14-7-9-17-10-8-14/h3-6,13-14,17H,7-11H2,1-2H3,(H,18,19). The summed E-state index contributed by atoms with van der Waals surface area (Å²) in [4.78, 5) is 12.0. The minimum atomic E-state index is 0.134. The van der Waals surface area contributed by atoms with Crippen molar-refractivity contribution in [2.24, 2.45) is 11.8 Å². The molecule has 1 aromatic carbocycles. The zero-order valence-electron chi connectivity index (χ0n) is 11.9. The zero-order valence-corrected chi connectivity index (χ0v) is 11.9. The van der Waals surface area contributed by atoms with Gasteiger partial charge < -0.3 is 10.6 Å². The molecule has 0 aromatic heterocycles. The van der Waals surface area contributed by atoms with E-state index in [4.69, 9.17) is 0 Å². The lowest BCUT2D eigenvalue weighted by Gasteiger charge is -2.27. The van der Waals surface area contributed by atoms with Gasteiger partial charge in [-0.1, -0.05) is 24.6 Å². The molecule has 104 valence electrons. The van der Waals surface area contributed by atoms with Gasteiger partial charge >= 0.3 is 0 Å². The SMILES string of the molecule is Cc1ccc(NC(=O)CC(C)C2CCNCC2)cc1. The monoisotopic (exact) mass is 260 g/mol. The summed E-state index contributed by atoms with van der Waals surface area (Å²) in [6, 6.07) is 7.96. The molecular weight excluding hydrogens is 236 g/mol. The Kier molecular flexibility index (Phi) is 4.97. The molecule has 3 nitrogen and oxygen atoms in total. The molecule has 1 amide bonds. The second-order valence-electron chi connectivity index (χ2n) is 5.68. The third-order valence-corrected chi connectivity index (χ3v) is 4.03. The Hall–Kier alpha value is -1.35. The van der Waals surface area contributed by atoms with Crippen LogP contribution in [0.1, 0.15) is 31.7 Å². The number of hydrogen-bond acceptors (Lipinski definition) is 2. The van der Waals surface area contributed by atoms with Crippen LogP contribution in [0.25, 0.3) is 0 Å². The van der Waals surface area contributed by atoms with Crippen LogP contribution >= 0.6 is 0 Å². The van der Waals surface area contributed by atoms with E-state index >= 15 is 0 Å². The van der Waals surface area contributed by atoms with E-state index in [1.165, 1.54) is 18.4 Å². The van der Waals surface area contributed by atoms with Crippen LogP contribution in [0.4, 0.5) is 5.69 Å². The lowest BCUT2D eigenvalue weighted by molar-refractivity contribution is -0.117. The van der Waals surface area contributed by atoms with Crippen LogP contribution in [0.2, 0.25) is 0 Å². The van der Waals surface area contributed by atoms with Crippen LogP contribution in [0.3, 0.4) is 0 Å². The normalized spacial score (nSPS) is 18.0. The second kappa shape index (κ2) is 6.71. The highest BCUT2D eigenvalue weighted by atomic mass is 16.1. The molecule has 1 aliphatic rings. The molecule has 0 radical (unpaired) electrons. The Balaban J connectivity index is 1.81. The van der Waals surface area contributed by atoms with Gasteiger partial charge in [-0.3, -0.25) is 4.79 Å². The number of rotatable bonds is 4. The summed E-state index contributed by atoms with van der Waals surface area (Å²) in [5.41, 5.74) is 2.11. The van der Waals surface area contributed by atoms with Crippen LogP contribution in [-0.2, 0) is 4.79 Å². The van der Waals surface area contributed by atoms with Gasteiger partial charge in [0.25, 0.3) is 0 Å². The molecule has 2 rings (SSSR count). The average Bonchev–Trinajstić information content (AvgIpc) is 2.42. The largest absolute Gasteiger partial charge is 0.326 e. The number of carbonyl (C=O) groups excluding carboxylic acids is 1. The van der Waals surface area contributed by atoms with Crippen LogP contribution in [0.5, 0.6) is 0 Å². The lowest BCUT2D eigenvalue weighted by Crippen LogP contribution is -2.32. The highest BCUT2D eigenvalue weighted by Gasteiger charge is 2.21. The van der Waals surface area contributed by atoms with E-state index in [1.807, 2.05) is 31.2 Å². The van der Waals surface area contributed by atoms with Gasteiger partial charge in [-0.05, 0) is 56.8 Å². The second-order valence-corrected chi connectivity index (χ2v) is 5.68. The molecule has 0 spiro atoms. The van der Waals surface area contributed by atoms with E-state index in [0.717, 1.165) is 18.8 Å². The van der Waals surface area contributed by atoms with Gasteiger partial charge in [0.15, 0.2) is 0 Å². The zero-order chi connectivity index (χ0) is 13.7. The summed E-state index contributed by atoms with van der Waals surface area (Å²) in [5.74, 6) is 1.28. The van der Waals surface area contributed by atoms with E-state index in [9.17, 15) is 4.79 Å². The van der Waals surface area contributed by atoms with E-state index in [1.54, 1.807) is 0 Å². The van der Waals surface area contributed by atoms with Crippen molar-refractivity contribution in [1.82, 2.24) is 5.32 Å². The number of piperidine rings is 1. The van der Waals surface area contributed by atoms with Crippen LogP contribution in [0, 0.1) is 18.8 Å². The number of hydrogen-bond donors (Lipinski definition) is 2. The Bertz CT molecular complexity index is 407. The summed E-state index contributed by atoms with van der Waals surface area (Å²) in [6.07, 6.45) is 3.01. The average molecular weight is 260 g/mol. The molecule has 1 aliphatic heterocycles. The molecule has 2 N–H and O–H groups in total. The molecule has 1 atom stereocenters. The van der Waals surface area contributed by atoms with Gasteiger partial charge in [0.05, 0.1) is 0 Å². The molecule has 0 bridgehead atoms. The first-order valence-corrected chi connectivity index (χ1v) is 7.22. The summed E-state index contributed by atoms with van der Waals surface area (Å²) in [7, 11) is 0. The topological polar surface area (TPSA) is 41.1 Å². The molecule has 0 saturated carbocycles. The number of amides is 1. The van der Waals surface area contributed by atoms with Gasteiger partial charge in [0.2, 0.25) is 5.91 Å². The van der Waals surface area contributed by atoms with E-state index in [0.29, 0.717) is 18.3 Å². The highest BCUT2D eigenvalue weighted by molar-refractivity contribution is 5.90. The van der Waals surface area contributed by atoms with Gasteiger partial charge in [-0.25, -0.2) is 0 Å². The van der Waals surface area contributed by atoms with Crippen LogP contribution in [-0.4, -0.2) is 19.0 Å². The first kappa shape index (κ1) is 14.1. The predicted octanol–water partition coefficient (Wildman–Crippen LogP) is 2.96. The Morgan fingerprint density at radius 3 is 2.58 bits per heavy atom. The van der Waals surface area contributed by atoms with E-state index in [2.05, 4.69) is 17.6 Å². The number of aryl methyl sites for hydroxylation is 1. The molecule has 1 saturated heterocycles. The number of carbonyl (C=O) groups is 1. The minimum absolute atomic E-state index is 0.134. The molecule has 1 unspecified atom stereocenters. The minimum Gasteiger partial charge on any atom is -0.326 e. The Morgan fingerprint density at radius 2 is 1.95 bits per heavy atom. The molecule has 19 heavy (non-hydrogen) atoms. The van der Waals surface area contributed by atoms with Crippen molar-refractivity contribution in [2.45, 2.75) is 33.1 Å². The van der Waals surface area contributed by atoms with Gasteiger partial charge in [0, 0.05) is 12.1 Å². The van der Waals surface area contributed by atoms with Crippen molar-refractivity contribution in [3.63, 3.8) is 0 Å². The first-order valence-electron chi connectivity index (χ1n) is 7.22. The van der Waals surface area contributed by atoms with Gasteiger partial charge in [-0.2, -0.15) is 0 Å². The van der Waals surface area contributed by atoms with Crippen LogP contribution in [0.15, 0.2) is 24.3 Å². The van der Waals surface area contributed by atoms with Crippen molar-refractivity contribution in [1.29, 1.82) is 0 Å². The lowest BCUT2D eigenvalue weighted by atomic mass is 9.84. The smallest absolute Gasteiger partial charge is 0.224 e. The Labute approximate surface area is 115 Å². The fraction of sp³-hybridized carbons (Fsp3) is 0.562. The molecule has 0 aliphatic carbocycles. The number of benzene rings is 1. The van der Waals surface area contributed by atoms with Crippen molar-refractivity contribution in [2.75, 3.05) is 18.4 Å². The van der Waals surface area contributed by atoms with Gasteiger partial charge in [0.1, 0.15) is 0 Å². The predicted molar refractivity (Wildman–Crippen MR) is 79.2 cm³/mol. The third-order valence-electron chi connectivity index (χ3n) is 4.03. The van der Waals surface area contributed by atoms with Crippen molar-refractivity contribution < 1.29 is 4.79 Å². The van der Waals surface area contributed by atoms with E-state index in [-0.39, 0.29) is 5.91 Å². The third kappa shape index (κ3) is 4.35. The molecule has 1 fully saturated rings. The maximum absolute atomic E-state index is 12.0. The highest BCUT2D eigenvalue weighted by Crippen LogP contribution is 2.24. The Morgan fingerprint density at radius 1 is 1.32 bits per heavy atom. The molecule has 1 heterocycles. The molecular formula is C16H24N2O. The summed E-state index contributed by atoms with van der Waals surface area (Å²) < 4.78 is 0.